The van der Waals surface area contributed by atoms with Crippen LogP contribution in [0.25, 0.3) is 0 Å². The number of amides is 1. The molecule has 1 saturated heterocycles. The number of benzene rings is 1. The van der Waals surface area contributed by atoms with Crippen molar-refractivity contribution in [1.29, 1.82) is 0 Å². The predicted octanol–water partition coefficient (Wildman–Crippen LogP) is 3.09. The number of carbonyl (C=O) groups excluding carboxylic acids is 1. The number of hydrogen-bond acceptors (Lipinski definition) is 4. The molecule has 1 atom stereocenters. The van der Waals surface area contributed by atoms with Gasteiger partial charge in [0.05, 0.1) is 16.3 Å². The van der Waals surface area contributed by atoms with Gasteiger partial charge in [0.15, 0.2) is 0 Å². The van der Waals surface area contributed by atoms with E-state index in [2.05, 4.69) is 15.4 Å². The van der Waals surface area contributed by atoms with E-state index < -0.39 is 5.82 Å². The van der Waals surface area contributed by atoms with Crippen LogP contribution in [0, 0.1) is 19.7 Å². The molecular weight excluding hydrogens is 333 g/mol. The molecule has 1 N–H and O–H groups in total. The van der Waals surface area contributed by atoms with Crippen LogP contribution >= 0.6 is 11.6 Å². The fourth-order valence-corrected chi connectivity index (χ4v) is 3.18. The number of aromatic nitrogens is 1. The molecule has 24 heavy (non-hydrogen) atoms. The Morgan fingerprint density at radius 1 is 1.50 bits per heavy atom. The molecule has 1 fully saturated rings. The van der Waals surface area contributed by atoms with Gasteiger partial charge in [-0.25, -0.2) is 4.39 Å². The molecular formula is C17H19ClFN3O2. The normalized spacial score (nSPS) is 18.1. The first-order valence-electron chi connectivity index (χ1n) is 7.84. The largest absolute Gasteiger partial charge is 0.361 e. The Morgan fingerprint density at radius 2 is 2.29 bits per heavy atom. The van der Waals surface area contributed by atoms with Crippen molar-refractivity contribution in [2.75, 3.05) is 13.1 Å². The first-order chi connectivity index (χ1) is 11.4. The monoisotopic (exact) mass is 351 g/mol. The van der Waals surface area contributed by atoms with Gasteiger partial charge in [-0.1, -0.05) is 16.8 Å². The second-order valence-electron chi connectivity index (χ2n) is 6.12. The van der Waals surface area contributed by atoms with Crippen molar-refractivity contribution in [3.8, 4) is 0 Å². The Balaban J connectivity index is 1.60. The number of nitrogens with one attached hydrogen (secondary N) is 1. The third kappa shape index (κ3) is 3.60. The Hall–Kier alpha value is -1.92. The molecule has 5 nitrogen and oxygen atoms in total. The Labute approximate surface area is 144 Å². The van der Waals surface area contributed by atoms with Crippen LogP contribution in [0.5, 0.6) is 0 Å². The highest BCUT2D eigenvalue weighted by Gasteiger charge is 2.26. The summed E-state index contributed by atoms with van der Waals surface area (Å²) in [5.41, 5.74) is 2.16. The average Bonchev–Trinajstić information content (AvgIpc) is 3.11. The zero-order valence-electron chi connectivity index (χ0n) is 13.6. The van der Waals surface area contributed by atoms with Gasteiger partial charge in [-0.2, -0.15) is 0 Å². The molecule has 1 aliphatic heterocycles. The van der Waals surface area contributed by atoms with E-state index in [-0.39, 0.29) is 22.5 Å². The van der Waals surface area contributed by atoms with Crippen LogP contribution in [0.1, 0.15) is 33.8 Å². The summed E-state index contributed by atoms with van der Waals surface area (Å²) in [5.74, 6) is 0.00576. The summed E-state index contributed by atoms with van der Waals surface area (Å²) >= 11 is 5.98. The maximum absolute atomic E-state index is 13.3. The zero-order valence-corrected chi connectivity index (χ0v) is 14.4. The van der Waals surface area contributed by atoms with Gasteiger partial charge in [0.2, 0.25) is 0 Å². The molecule has 0 aliphatic carbocycles. The van der Waals surface area contributed by atoms with Gasteiger partial charge in [0.25, 0.3) is 5.91 Å². The van der Waals surface area contributed by atoms with Gasteiger partial charge in [0, 0.05) is 31.2 Å². The fraction of sp³-hybridized carbons (Fsp3) is 0.412. The zero-order chi connectivity index (χ0) is 17.3. The van der Waals surface area contributed by atoms with Crippen LogP contribution in [0.3, 0.4) is 0 Å². The fourth-order valence-electron chi connectivity index (χ4n) is 2.98. The molecule has 1 aromatic heterocycles. The van der Waals surface area contributed by atoms with Gasteiger partial charge in [-0.3, -0.25) is 9.69 Å². The maximum Gasteiger partial charge on any atom is 0.253 e. The van der Waals surface area contributed by atoms with E-state index in [1.165, 1.54) is 12.1 Å². The first-order valence-corrected chi connectivity index (χ1v) is 8.22. The molecule has 1 aromatic carbocycles. The summed E-state index contributed by atoms with van der Waals surface area (Å²) in [6, 6.07) is 3.80. The van der Waals surface area contributed by atoms with Crippen LogP contribution in [-0.4, -0.2) is 35.1 Å². The number of aryl methyl sites for hydroxylation is 2. The van der Waals surface area contributed by atoms with Crippen molar-refractivity contribution >= 4 is 17.5 Å². The van der Waals surface area contributed by atoms with Crippen molar-refractivity contribution < 1.29 is 13.7 Å². The third-order valence-electron chi connectivity index (χ3n) is 4.34. The van der Waals surface area contributed by atoms with Crippen LogP contribution in [-0.2, 0) is 6.54 Å². The lowest BCUT2D eigenvalue weighted by atomic mass is 10.1. The molecule has 0 saturated carbocycles. The van der Waals surface area contributed by atoms with E-state index in [9.17, 15) is 9.18 Å². The summed E-state index contributed by atoms with van der Waals surface area (Å²) in [6.45, 7) is 6.16. The van der Waals surface area contributed by atoms with E-state index in [1.807, 2.05) is 13.8 Å². The van der Waals surface area contributed by atoms with Crippen LogP contribution in [0.15, 0.2) is 22.7 Å². The summed E-state index contributed by atoms with van der Waals surface area (Å²) in [4.78, 5) is 14.5. The van der Waals surface area contributed by atoms with Crippen molar-refractivity contribution in [2.24, 2.45) is 0 Å². The minimum atomic E-state index is -0.476. The van der Waals surface area contributed by atoms with Crippen LogP contribution in [0.2, 0.25) is 5.02 Å². The number of likely N-dealkylation sites (tertiary alicyclic amines) is 1. The number of rotatable bonds is 4. The summed E-state index contributed by atoms with van der Waals surface area (Å²) in [6.07, 6.45) is 0.835. The van der Waals surface area contributed by atoms with Crippen LogP contribution in [0.4, 0.5) is 4.39 Å². The lowest BCUT2D eigenvalue weighted by Gasteiger charge is -2.17. The van der Waals surface area contributed by atoms with Crippen molar-refractivity contribution in [3.63, 3.8) is 0 Å². The van der Waals surface area contributed by atoms with Gasteiger partial charge < -0.3 is 9.84 Å². The minimum absolute atomic E-state index is 0.0114. The van der Waals surface area contributed by atoms with Crippen molar-refractivity contribution in [3.05, 3.63) is 51.6 Å². The second kappa shape index (κ2) is 6.91. The molecule has 0 bridgehead atoms. The quantitative estimate of drug-likeness (QED) is 0.919. The third-order valence-corrected chi connectivity index (χ3v) is 4.67. The highest BCUT2D eigenvalue weighted by atomic mass is 35.5. The van der Waals surface area contributed by atoms with E-state index in [0.29, 0.717) is 0 Å². The molecule has 0 unspecified atom stereocenters. The average molecular weight is 352 g/mol. The molecule has 2 aromatic rings. The summed E-state index contributed by atoms with van der Waals surface area (Å²) < 4.78 is 18.5. The van der Waals surface area contributed by atoms with Crippen molar-refractivity contribution in [2.45, 2.75) is 32.9 Å². The Kier molecular flexibility index (Phi) is 4.87. The number of nitrogens with zero attached hydrogens (tertiary/aromatic N) is 2. The highest BCUT2D eigenvalue weighted by Crippen LogP contribution is 2.20. The number of halogens is 2. The van der Waals surface area contributed by atoms with Crippen molar-refractivity contribution in [1.82, 2.24) is 15.4 Å². The first kappa shape index (κ1) is 16.9. The Morgan fingerprint density at radius 3 is 3.00 bits per heavy atom. The number of hydrogen-bond donors (Lipinski definition) is 1. The Bertz CT molecular complexity index is 743. The molecule has 2 heterocycles. The van der Waals surface area contributed by atoms with E-state index in [4.69, 9.17) is 16.1 Å². The van der Waals surface area contributed by atoms with Gasteiger partial charge in [0.1, 0.15) is 11.6 Å². The smallest absolute Gasteiger partial charge is 0.253 e. The van der Waals surface area contributed by atoms with E-state index >= 15 is 0 Å². The molecule has 1 aliphatic rings. The minimum Gasteiger partial charge on any atom is -0.361 e. The lowest BCUT2D eigenvalue weighted by molar-refractivity contribution is 0.0937. The van der Waals surface area contributed by atoms with Gasteiger partial charge in [-0.05, 0) is 38.5 Å². The maximum atomic E-state index is 13.3. The predicted molar refractivity (Wildman–Crippen MR) is 88.5 cm³/mol. The lowest BCUT2D eigenvalue weighted by Crippen LogP contribution is -2.37. The SMILES string of the molecule is Cc1noc(C)c1CN1CC[C@H](NC(=O)c2cc(F)ccc2Cl)C1. The molecule has 0 spiro atoms. The standard InChI is InChI=1S/C17H19ClFN3O2/c1-10-15(11(2)24-21-10)9-22-6-5-13(8-22)20-17(23)14-7-12(19)3-4-16(14)18/h3-4,7,13H,5-6,8-9H2,1-2H3,(H,20,23)/t13-/m0/s1. The molecule has 0 radical (unpaired) electrons. The van der Waals surface area contributed by atoms with Gasteiger partial charge in [-0.15, -0.1) is 0 Å². The molecule has 128 valence electrons. The highest BCUT2D eigenvalue weighted by molar-refractivity contribution is 6.33. The molecule has 3 rings (SSSR count). The van der Waals surface area contributed by atoms with Crippen LogP contribution < -0.4 is 5.32 Å². The molecule has 1 amide bonds. The summed E-state index contributed by atoms with van der Waals surface area (Å²) in [5, 5.41) is 7.14. The summed E-state index contributed by atoms with van der Waals surface area (Å²) in [7, 11) is 0. The molecule has 7 heteroatoms. The number of carbonyl (C=O) groups is 1. The van der Waals surface area contributed by atoms with E-state index in [1.54, 1.807) is 0 Å². The van der Waals surface area contributed by atoms with Gasteiger partial charge >= 0.3 is 0 Å². The van der Waals surface area contributed by atoms with E-state index in [0.717, 1.165) is 49.1 Å². The second-order valence-corrected chi connectivity index (χ2v) is 6.53. The topological polar surface area (TPSA) is 58.4 Å².